The van der Waals surface area contributed by atoms with Crippen molar-refractivity contribution in [2.75, 3.05) is 11.4 Å². The molecule has 0 aliphatic heterocycles. The van der Waals surface area contributed by atoms with E-state index in [0.29, 0.717) is 23.7 Å². The van der Waals surface area contributed by atoms with E-state index >= 15 is 0 Å². The molecule has 3 rings (SSSR count). The maximum absolute atomic E-state index is 13.3. The number of hydrogen-bond donors (Lipinski definition) is 1. The Morgan fingerprint density at radius 2 is 1.86 bits per heavy atom. The number of carbonyl (C=O) groups excluding carboxylic acids is 2. The molecule has 0 aliphatic rings. The molecule has 0 spiro atoms. The number of benzene rings is 2. The fourth-order valence-electron chi connectivity index (χ4n) is 2.85. The molecule has 0 fully saturated rings. The summed E-state index contributed by atoms with van der Waals surface area (Å²) in [5, 5.41) is 4.60. The van der Waals surface area contributed by atoms with Crippen molar-refractivity contribution < 1.29 is 14.0 Å². The number of carbonyl (C=O) groups is 2. The van der Waals surface area contributed by atoms with Gasteiger partial charge >= 0.3 is 0 Å². The van der Waals surface area contributed by atoms with Crippen LogP contribution in [0.5, 0.6) is 0 Å². The summed E-state index contributed by atoms with van der Waals surface area (Å²) >= 11 is 1.37. The van der Waals surface area contributed by atoms with Crippen molar-refractivity contribution in [2.24, 2.45) is 0 Å². The first-order valence-electron chi connectivity index (χ1n) is 9.13. The van der Waals surface area contributed by atoms with Crippen molar-refractivity contribution in [3.63, 3.8) is 0 Å². The zero-order chi connectivity index (χ0) is 20.6. The molecular weight excluding hydrogens is 387 g/mol. The van der Waals surface area contributed by atoms with Gasteiger partial charge < -0.3 is 10.2 Å². The number of anilines is 1. The van der Waals surface area contributed by atoms with Crippen LogP contribution in [0.25, 0.3) is 0 Å². The van der Waals surface area contributed by atoms with E-state index in [9.17, 15) is 14.0 Å². The molecule has 0 saturated carbocycles. The molecule has 1 heterocycles. The number of rotatable bonds is 8. The predicted octanol–water partition coefficient (Wildman–Crippen LogP) is 4.58. The zero-order valence-electron chi connectivity index (χ0n) is 15.8. The predicted molar refractivity (Wildman–Crippen MR) is 115 cm³/mol. The smallest absolute Gasteiger partial charge is 0.268 e. The summed E-state index contributed by atoms with van der Waals surface area (Å²) in [6.07, 6.45) is 1.83. The van der Waals surface area contributed by atoms with Crippen LogP contribution in [0.1, 0.15) is 20.8 Å². The highest BCUT2D eigenvalue weighted by Gasteiger charge is 2.20. The number of halogens is 1. The number of thiophene rings is 1. The van der Waals surface area contributed by atoms with Gasteiger partial charge in [-0.05, 0) is 46.8 Å². The van der Waals surface area contributed by atoms with E-state index < -0.39 is 0 Å². The van der Waals surface area contributed by atoms with Gasteiger partial charge in [-0.25, -0.2) is 4.39 Å². The van der Waals surface area contributed by atoms with Gasteiger partial charge in [0, 0.05) is 12.2 Å². The number of nitrogens with zero attached hydrogens (tertiary/aromatic N) is 1. The fraction of sp³-hybridized carbons (Fsp3) is 0.130. The first-order chi connectivity index (χ1) is 14.1. The Morgan fingerprint density at radius 3 is 2.55 bits per heavy atom. The first-order valence-corrected chi connectivity index (χ1v) is 10.0. The standard InChI is InChI=1S/C23H21FN2O2S/c1-2-12-25-22(27)15-18-5-3-6-20(14-18)26(23(28)21-7-4-13-29-21)16-17-8-10-19(24)11-9-17/h2-11,13-14H,1,12,15-16H2,(H,25,27). The van der Waals surface area contributed by atoms with Crippen LogP contribution in [0.4, 0.5) is 10.1 Å². The lowest BCUT2D eigenvalue weighted by Crippen LogP contribution is -2.30. The summed E-state index contributed by atoms with van der Waals surface area (Å²) in [7, 11) is 0. The van der Waals surface area contributed by atoms with Crippen molar-refractivity contribution in [2.45, 2.75) is 13.0 Å². The van der Waals surface area contributed by atoms with Gasteiger partial charge in [-0.1, -0.05) is 36.4 Å². The summed E-state index contributed by atoms with van der Waals surface area (Å²) in [5.41, 5.74) is 2.29. The van der Waals surface area contributed by atoms with Crippen molar-refractivity contribution in [1.29, 1.82) is 0 Å². The third-order valence-corrected chi connectivity index (χ3v) is 5.12. The molecule has 148 valence electrons. The van der Waals surface area contributed by atoms with Gasteiger partial charge in [-0.15, -0.1) is 17.9 Å². The van der Waals surface area contributed by atoms with Gasteiger partial charge in [0.1, 0.15) is 5.82 Å². The van der Waals surface area contributed by atoms with Crippen LogP contribution < -0.4 is 10.2 Å². The van der Waals surface area contributed by atoms with E-state index in [1.165, 1.54) is 23.5 Å². The van der Waals surface area contributed by atoms with E-state index in [1.54, 1.807) is 29.2 Å². The third-order valence-electron chi connectivity index (χ3n) is 4.26. The van der Waals surface area contributed by atoms with Gasteiger partial charge in [-0.3, -0.25) is 9.59 Å². The highest BCUT2D eigenvalue weighted by atomic mass is 32.1. The summed E-state index contributed by atoms with van der Waals surface area (Å²) < 4.78 is 13.3. The highest BCUT2D eigenvalue weighted by Crippen LogP contribution is 2.24. The molecule has 2 amide bonds. The second-order valence-electron chi connectivity index (χ2n) is 6.43. The molecular formula is C23H21FN2O2S. The third kappa shape index (κ3) is 5.62. The molecule has 4 nitrogen and oxygen atoms in total. The Morgan fingerprint density at radius 1 is 1.07 bits per heavy atom. The molecule has 1 aromatic heterocycles. The lowest BCUT2D eigenvalue weighted by molar-refractivity contribution is -0.120. The molecule has 0 atom stereocenters. The van der Waals surface area contributed by atoms with E-state index in [-0.39, 0.29) is 24.1 Å². The largest absolute Gasteiger partial charge is 0.352 e. The molecule has 3 aromatic rings. The van der Waals surface area contributed by atoms with Crippen LogP contribution in [0, 0.1) is 5.82 Å². The Balaban J connectivity index is 1.88. The molecule has 0 bridgehead atoms. The molecule has 0 radical (unpaired) electrons. The van der Waals surface area contributed by atoms with Crippen molar-refractivity contribution in [1.82, 2.24) is 5.32 Å². The van der Waals surface area contributed by atoms with E-state index in [4.69, 9.17) is 0 Å². The van der Waals surface area contributed by atoms with E-state index in [0.717, 1.165) is 11.1 Å². The Bertz CT molecular complexity index is 984. The van der Waals surface area contributed by atoms with E-state index in [2.05, 4.69) is 11.9 Å². The first kappa shape index (κ1) is 20.5. The Kier molecular flexibility index (Phi) is 6.92. The van der Waals surface area contributed by atoms with Gasteiger partial charge in [0.15, 0.2) is 0 Å². The second-order valence-corrected chi connectivity index (χ2v) is 7.38. The monoisotopic (exact) mass is 408 g/mol. The topological polar surface area (TPSA) is 49.4 Å². The minimum absolute atomic E-state index is 0.114. The van der Waals surface area contributed by atoms with Crippen LogP contribution in [0.3, 0.4) is 0 Å². The lowest BCUT2D eigenvalue weighted by atomic mass is 10.1. The minimum Gasteiger partial charge on any atom is -0.352 e. The van der Waals surface area contributed by atoms with Gasteiger partial charge in [0.05, 0.1) is 17.8 Å². The van der Waals surface area contributed by atoms with Crippen LogP contribution in [0.15, 0.2) is 78.7 Å². The normalized spacial score (nSPS) is 10.4. The number of nitrogens with one attached hydrogen (secondary N) is 1. The Labute approximate surface area is 173 Å². The summed E-state index contributed by atoms with van der Waals surface area (Å²) in [5.74, 6) is -0.577. The molecule has 29 heavy (non-hydrogen) atoms. The van der Waals surface area contributed by atoms with Crippen LogP contribution in [0.2, 0.25) is 0 Å². The molecule has 6 heteroatoms. The number of hydrogen-bond acceptors (Lipinski definition) is 3. The summed E-state index contributed by atoms with van der Waals surface area (Å²) in [4.78, 5) is 27.4. The SMILES string of the molecule is C=CCNC(=O)Cc1cccc(N(Cc2ccc(F)cc2)C(=O)c2cccs2)c1. The average molecular weight is 408 g/mol. The quantitative estimate of drug-likeness (QED) is 0.555. The van der Waals surface area contributed by atoms with Gasteiger partial charge in [0.2, 0.25) is 5.91 Å². The number of amides is 2. The fourth-order valence-corrected chi connectivity index (χ4v) is 3.53. The average Bonchev–Trinajstić information content (AvgIpc) is 3.26. The van der Waals surface area contributed by atoms with Crippen molar-refractivity contribution in [3.05, 3.63) is 101 Å². The van der Waals surface area contributed by atoms with Crippen molar-refractivity contribution in [3.8, 4) is 0 Å². The molecule has 2 aromatic carbocycles. The highest BCUT2D eigenvalue weighted by molar-refractivity contribution is 7.12. The van der Waals surface area contributed by atoms with Crippen LogP contribution >= 0.6 is 11.3 Å². The van der Waals surface area contributed by atoms with Gasteiger partial charge in [-0.2, -0.15) is 0 Å². The molecule has 0 aliphatic carbocycles. The molecule has 1 N–H and O–H groups in total. The Hall–Kier alpha value is -3.25. The lowest BCUT2D eigenvalue weighted by Gasteiger charge is -2.23. The maximum atomic E-state index is 13.3. The van der Waals surface area contributed by atoms with E-state index in [1.807, 2.05) is 35.7 Å². The molecule has 0 saturated heterocycles. The summed E-state index contributed by atoms with van der Waals surface area (Å²) in [6, 6.07) is 17.0. The molecule has 0 unspecified atom stereocenters. The van der Waals surface area contributed by atoms with Crippen molar-refractivity contribution >= 4 is 28.8 Å². The van der Waals surface area contributed by atoms with Crippen LogP contribution in [-0.2, 0) is 17.8 Å². The minimum atomic E-state index is -0.322. The zero-order valence-corrected chi connectivity index (χ0v) is 16.6. The summed E-state index contributed by atoms with van der Waals surface area (Å²) in [6.45, 7) is 4.29. The maximum Gasteiger partial charge on any atom is 0.268 e. The second kappa shape index (κ2) is 9.80. The van der Waals surface area contributed by atoms with Crippen LogP contribution in [-0.4, -0.2) is 18.4 Å². The van der Waals surface area contributed by atoms with Gasteiger partial charge in [0.25, 0.3) is 5.91 Å².